The van der Waals surface area contributed by atoms with E-state index in [4.69, 9.17) is 9.72 Å². The fourth-order valence-electron chi connectivity index (χ4n) is 3.34. The summed E-state index contributed by atoms with van der Waals surface area (Å²) in [7, 11) is 0. The van der Waals surface area contributed by atoms with E-state index in [1.807, 2.05) is 24.3 Å². The number of ether oxygens (including phenoxy) is 1. The second-order valence-electron chi connectivity index (χ2n) is 6.98. The predicted molar refractivity (Wildman–Crippen MR) is 113 cm³/mol. The second-order valence-corrected chi connectivity index (χ2v) is 6.98. The van der Waals surface area contributed by atoms with Crippen molar-refractivity contribution in [3.05, 3.63) is 58.6 Å². The summed E-state index contributed by atoms with van der Waals surface area (Å²) in [5.74, 6) is 1.38. The number of anilines is 2. The first-order valence-corrected chi connectivity index (χ1v) is 9.79. The summed E-state index contributed by atoms with van der Waals surface area (Å²) in [5.41, 5.74) is 1.50. The summed E-state index contributed by atoms with van der Waals surface area (Å²) in [5, 5.41) is 13.6. The van der Waals surface area contributed by atoms with E-state index >= 15 is 0 Å². The molecule has 1 aliphatic heterocycles. The van der Waals surface area contributed by atoms with E-state index in [9.17, 15) is 14.9 Å². The Labute approximate surface area is 172 Å². The van der Waals surface area contributed by atoms with Gasteiger partial charge in [-0.05, 0) is 37.1 Å². The van der Waals surface area contributed by atoms with Crippen LogP contribution >= 0.6 is 0 Å². The highest BCUT2D eigenvalue weighted by Gasteiger charge is 2.20. The van der Waals surface area contributed by atoms with Gasteiger partial charge >= 0.3 is 0 Å². The number of nitrogens with zero attached hydrogens (tertiary/aromatic N) is 4. The zero-order chi connectivity index (χ0) is 20.9. The Morgan fingerprint density at radius 2 is 1.73 bits per heavy atom. The van der Waals surface area contributed by atoms with E-state index in [1.165, 1.54) is 24.3 Å². The van der Waals surface area contributed by atoms with Gasteiger partial charge in [-0.3, -0.25) is 14.9 Å². The minimum atomic E-state index is -0.472. The molecule has 4 rings (SSSR count). The Bertz CT molecular complexity index is 1060. The van der Waals surface area contributed by atoms with Gasteiger partial charge in [0.25, 0.3) is 5.69 Å². The minimum absolute atomic E-state index is 0.00980. The number of nitrogens with one attached hydrogen (secondary N) is 1. The molecule has 0 atom stereocenters. The van der Waals surface area contributed by atoms with Gasteiger partial charge in [0.05, 0.1) is 29.0 Å². The molecule has 1 aromatic heterocycles. The van der Waals surface area contributed by atoms with Gasteiger partial charge in [-0.25, -0.2) is 9.97 Å². The van der Waals surface area contributed by atoms with E-state index in [0.29, 0.717) is 17.4 Å². The third kappa shape index (κ3) is 4.45. The summed E-state index contributed by atoms with van der Waals surface area (Å²) in [6.07, 6.45) is 2.29. The third-order valence-corrected chi connectivity index (χ3v) is 4.86. The number of carbonyl (C=O) groups excluding carboxylic acids is 1. The monoisotopic (exact) mass is 407 g/mol. The first-order chi connectivity index (χ1) is 14.6. The van der Waals surface area contributed by atoms with Crippen LogP contribution in [0.2, 0.25) is 0 Å². The molecular formula is C21H21N5O4. The number of non-ortho nitro benzene ring substituents is 1. The van der Waals surface area contributed by atoms with Crippen LogP contribution < -0.4 is 15.0 Å². The van der Waals surface area contributed by atoms with Crippen LogP contribution in [0.1, 0.15) is 19.3 Å². The van der Waals surface area contributed by atoms with Crippen molar-refractivity contribution in [3.63, 3.8) is 0 Å². The van der Waals surface area contributed by atoms with Crippen molar-refractivity contribution in [2.45, 2.75) is 19.3 Å². The molecule has 0 aliphatic carbocycles. The lowest BCUT2D eigenvalue weighted by Crippen LogP contribution is -2.24. The molecular weight excluding hydrogens is 386 g/mol. The number of hydrogen-bond acceptors (Lipinski definition) is 7. The molecule has 9 heteroatoms. The fourth-order valence-corrected chi connectivity index (χ4v) is 3.34. The van der Waals surface area contributed by atoms with Crippen molar-refractivity contribution in [2.75, 3.05) is 29.9 Å². The van der Waals surface area contributed by atoms with Crippen molar-refractivity contribution in [3.8, 4) is 5.75 Å². The fraction of sp³-hybridized carbons (Fsp3) is 0.286. The largest absolute Gasteiger partial charge is 0.493 e. The molecule has 0 unspecified atom stereocenters. The summed E-state index contributed by atoms with van der Waals surface area (Å²) in [6.45, 7) is 1.92. The lowest BCUT2D eigenvalue weighted by molar-refractivity contribution is -0.384. The van der Waals surface area contributed by atoms with Crippen molar-refractivity contribution in [2.24, 2.45) is 0 Å². The Morgan fingerprint density at radius 1 is 1.07 bits per heavy atom. The Morgan fingerprint density at radius 3 is 2.40 bits per heavy atom. The second kappa shape index (κ2) is 8.73. The maximum atomic E-state index is 12.5. The molecule has 3 aromatic rings. The van der Waals surface area contributed by atoms with Crippen LogP contribution in [0.3, 0.4) is 0 Å². The van der Waals surface area contributed by atoms with E-state index in [1.54, 1.807) is 0 Å². The maximum Gasteiger partial charge on any atom is 0.269 e. The molecule has 1 saturated heterocycles. The number of amides is 1. The Kier molecular flexibility index (Phi) is 5.69. The highest BCUT2D eigenvalue weighted by Crippen LogP contribution is 2.28. The van der Waals surface area contributed by atoms with Crippen LogP contribution in [0.5, 0.6) is 5.75 Å². The zero-order valence-electron chi connectivity index (χ0n) is 16.3. The average molecular weight is 407 g/mol. The summed E-state index contributed by atoms with van der Waals surface area (Å²) in [4.78, 5) is 34.2. The molecule has 2 aromatic carbocycles. The minimum Gasteiger partial charge on any atom is -0.493 e. The lowest BCUT2D eigenvalue weighted by atomic mass is 10.3. The molecule has 9 nitrogen and oxygen atoms in total. The molecule has 0 spiro atoms. The number of rotatable bonds is 7. The number of nitro benzene ring substituents is 1. The van der Waals surface area contributed by atoms with Gasteiger partial charge in [0.2, 0.25) is 5.91 Å². The van der Waals surface area contributed by atoms with Crippen molar-refractivity contribution in [1.82, 2.24) is 9.97 Å². The summed E-state index contributed by atoms with van der Waals surface area (Å²) in [6, 6.07) is 13.3. The molecule has 154 valence electrons. The smallest absolute Gasteiger partial charge is 0.269 e. The van der Waals surface area contributed by atoms with Gasteiger partial charge in [0.1, 0.15) is 5.75 Å². The van der Waals surface area contributed by atoms with E-state index in [0.717, 1.165) is 37.0 Å². The summed E-state index contributed by atoms with van der Waals surface area (Å²) < 4.78 is 5.52. The highest BCUT2D eigenvalue weighted by atomic mass is 16.6. The molecule has 2 heterocycles. The number of hydrogen-bond donors (Lipinski definition) is 1. The molecule has 1 amide bonds. The molecule has 1 N–H and O–H groups in total. The predicted octanol–water partition coefficient (Wildman–Crippen LogP) is 3.55. The van der Waals surface area contributed by atoms with Crippen molar-refractivity contribution < 1.29 is 14.5 Å². The van der Waals surface area contributed by atoms with Gasteiger partial charge in [-0.2, -0.15) is 0 Å². The molecule has 1 aliphatic rings. The standard InChI is InChI=1S/C21H21N5O4/c27-19(11-14-30-16-9-7-15(8-10-16)26(28)29)24-20-21(25-12-3-4-13-25)23-18-6-2-1-5-17(18)22-20/h1-2,5-10H,3-4,11-14H2,(H,22,24,27). The number of para-hydroxylation sites is 2. The van der Waals surface area contributed by atoms with Gasteiger partial charge in [-0.1, -0.05) is 12.1 Å². The number of carbonyl (C=O) groups is 1. The first kappa shape index (κ1) is 19.6. The molecule has 0 bridgehead atoms. The number of fused-ring (bicyclic) bond motifs is 1. The molecule has 1 fully saturated rings. The van der Waals surface area contributed by atoms with Crippen molar-refractivity contribution >= 4 is 34.3 Å². The average Bonchev–Trinajstić information content (AvgIpc) is 3.28. The first-order valence-electron chi connectivity index (χ1n) is 9.79. The third-order valence-electron chi connectivity index (χ3n) is 4.86. The molecule has 0 radical (unpaired) electrons. The van der Waals surface area contributed by atoms with Gasteiger partial charge in [0.15, 0.2) is 11.6 Å². The van der Waals surface area contributed by atoms with E-state index in [-0.39, 0.29) is 24.6 Å². The number of aromatic nitrogens is 2. The van der Waals surface area contributed by atoms with Gasteiger partial charge in [0, 0.05) is 25.2 Å². The van der Waals surface area contributed by atoms with Crippen LogP contribution in [-0.4, -0.2) is 40.5 Å². The van der Waals surface area contributed by atoms with Crippen LogP contribution in [0.25, 0.3) is 11.0 Å². The SMILES string of the molecule is O=C(CCOc1ccc([N+](=O)[O-])cc1)Nc1nc2ccccc2nc1N1CCCC1. The van der Waals surface area contributed by atoms with Crippen molar-refractivity contribution in [1.29, 1.82) is 0 Å². The zero-order valence-corrected chi connectivity index (χ0v) is 16.3. The number of nitro groups is 1. The van der Waals surface area contributed by atoms with Crippen LogP contribution in [0, 0.1) is 10.1 Å². The highest BCUT2D eigenvalue weighted by molar-refractivity contribution is 5.94. The van der Waals surface area contributed by atoms with Gasteiger partial charge in [-0.15, -0.1) is 0 Å². The lowest BCUT2D eigenvalue weighted by Gasteiger charge is -2.20. The van der Waals surface area contributed by atoms with Crippen LogP contribution in [-0.2, 0) is 4.79 Å². The van der Waals surface area contributed by atoms with E-state index < -0.39 is 4.92 Å². The molecule has 0 saturated carbocycles. The normalized spacial score (nSPS) is 13.4. The Hall–Kier alpha value is -3.75. The maximum absolute atomic E-state index is 12.5. The van der Waals surface area contributed by atoms with Gasteiger partial charge < -0.3 is 15.0 Å². The molecule has 30 heavy (non-hydrogen) atoms. The Balaban J connectivity index is 1.42. The van der Waals surface area contributed by atoms with Crippen LogP contribution in [0.4, 0.5) is 17.3 Å². The number of benzene rings is 2. The quantitative estimate of drug-likeness (QED) is 0.471. The van der Waals surface area contributed by atoms with E-state index in [2.05, 4.69) is 15.2 Å². The topological polar surface area (TPSA) is 110 Å². The summed E-state index contributed by atoms with van der Waals surface area (Å²) >= 11 is 0. The van der Waals surface area contributed by atoms with Crippen LogP contribution in [0.15, 0.2) is 48.5 Å².